The number of rotatable bonds is 5. The molecule has 3 rings (SSSR count). The molecule has 0 N–H and O–H groups in total. The number of hydrogen-bond acceptors (Lipinski definition) is 6. The first kappa shape index (κ1) is 22.1. The van der Waals surface area contributed by atoms with Gasteiger partial charge in [0, 0.05) is 19.3 Å². The quantitative estimate of drug-likeness (QED) is 0.700. The highest BCUT2D eigenvalue weighted by Gasteiger charge is 2.39. The van der Waals surface area contributed by atoms with Crippen molar-refractivity contribution in [2.45, 2.75) is 43.4 Å². The van der Waals surface area contributed by atoms with Gasteiger partial charge in [0.2, 0.25) is 0 Å². The number of hydrogen-bond donors (Lipinski definition) is 0. The molecule has 11 heteroatoms. The van der Waals surface area contributed by atoms with Gasteiger partial charge >= 0.3 is 6.18 Å². The summed E-state index contributed by atoms with van der Waals surface area (Å²) in [5, 5.41) is 0. The lowest BCUT2D eigenvalue weighted by atomic mass is 10.1. The molecule has 2 atom stereocenters. The maximum Gasteiger partial charge on any atom is 0.425 e. The molecule has 1 aliphatic rings. The van der Waals surface area contributed by atoms with Crippen molar-refractivity contribution in [2.75, 3.05) is 19.3 Å². The van der Waals surface area contributed by atoms with Gasteiger partial charge in [0.15, 0.2) is 21.8 Å². The van der Waals surface area contributed by atoms with E-state index in [4.69, 9.17) is 9.15 Å². The highest BCUT2D eigenvalue weighted by Crippen LogP contribution is 2.32. The Balaban J connectivity index is 1.90. The van der Waals surface area contributed by atoms with E-state index in [1.807, 2.05) is 0 Å². The fraction of sp³-hybridized carbons (Fsp3) is 0.474. The van der Waals surface area contributed by atoms with Crippen LogP contribution < -0.4 is 4.74 Å². The van der Waals surface area contributed by atoms with Crippen LogP contribution in [0.15, 0.2) is 33.8 Å². The van der Waals surface area contributed by atoms with Gasteiger partial charge in [-0.3, -0.25) is 4.79 Å². The molecule has 1 aliphatic heterocycles. The fourth-order valence-electron chi connectivity index (χ4n) is 3.14. The number of benzene rings is 1. The van der Waals surface area contributed by atoms with Gasteiger partial charge in [-0.25, -0.2) is 13.4 Å². The average Bonchev–Trinajstić information content (AvgIpc) is 3.28. The third kappa shape index (κ3) is 4.77. The summed E-state index contributed by atoms with van der Waals surface area (Å²) in [6.07, 6.45) is -3.80. The van der Waals surface area contributed by atoms with Crippen molar-refractivity contribution in [3.05, 3.63) is 41.6 Å². The number of likely N-dealkylation sites (tertiary alicyclic amines) is 1. The average molecular weight is 446 g/mol. The van der Waals surface area contributed by atoms with Gasteiger partial charge in [-0.1, -0.05) is 0 Å². The van der Waals surface area contributed by atoms with Crippen molar-refractivity contribution in [1.29, 1.82) is 0 Å². The van der Waals surface area contributed by atoms with Crippen LogP contribution >= 0.6 is 0 Å². The second-order valence-electron chi connectivity index (χ2n) is 7.30. The maximum absolute atomic E-state index is 13.1. The van der Waals surface area contributed by atoms with Crippen LogP contribution in [0, 0.1) is 6.92 Å². The van der Waals surface area contributed by atoms with E-state index in [0.29, 0.717) is 24.6 Å². The van der Waals surface area contributed by atoms with Crippen molar-refractivity contribution >= 4 is 15.7 Å². The normalized spacial score (nSPS) is 18.5. The number of sulfone groups is 1. The Labute approximate surface area is 171 Å². The number of aryl methyl sites for hydroxylation is 1. The molecule has 2 heterocycles. The summed E-state index contributed by atoms with van der Waals surface area (Å²) in [6, 6.07) is 3.25. The first-order valence-electron chi connectivity index (χ1n) is 9.15. The zero-order valence-electron chi connectivity index (χ0n) is 16.6. The van der Waals surface area contributed by atoms with Gasteiger partial charge in [0.05, 0.1) is 22.1 Å². The number of halogens is 3. The third-order valence-corrected chi connectivity index (χ3v) is 5.95. The first-order chi connectivity index (χ1) is 13.9. The second kappa shape index (κ2) is 7.93. The Morgan fingerprint density at radius 3 is 2.63 bits per heavy atom. The van der Waals surface area contributed by atoms with Crippen LogP contribution in [0.4, 0.5) is 13.2 Å². The molecule has 164 valence electrons. The largest absolute Gasteiger partial charge is 0.480 e. The van der Waals surface area contributed by atoms with Crippen molar-refractivity contribution in [3.63, 3.8) is 0 Å². The number of carbonyl (C=O) groups excluding carboxylic acids is 1. The van der Waals surface area contributed by atoms with Crippen LogP contribution in [-0.4, -0.2) is 55.8 Å². The summed E-state index contributed by atoms with van der Waals surface area (Å²) in [6.45, 7) is 3.15. The van der Waals surface area contributed by atoms with Crippen LogP contribution in [-0.2, 0) is 9.84 Å². The first-order valence-corrected chi connectivity index (χ1v) is 11.0. The Morgan fingerprint density at radius 1 is 1.37 bits per heavy atom. The van der Waals surface area contributed by atoms with E-state index in [-0.39, 0.29) is 28.7 Å². The minimum absolute atomic E-state index is 0.154. The number of amides is 1. The monoisotopic (exact) mass is 446 g/mol. The molecular weight excluding hydrogens is 425 g/mol. The Morgan fingerprint density at radius 2 is 2.07 bits per heavy atom. The van der Waals surface area contributed by atoms with E-state index in [2.05, 4.69) is 4.98 Å². The standard InChI is InChI=1S/C19H21F3N2O5S/c1-11-10-28-17(23-11)13-6-7-24(9-13)18(25)15-8-14(30(3,26)27)4-5-16(15)29-12(2)19(20,21)22/h4-5,8,10,12-13H,6-7,9H2,1-3H3. The lowest BCUT2D eigenvalue weighted by Crippen LogP contribution is -2.33. The summed E-state index contributed by atoms with van der Waals surface area (Å²) in [4.78, 5) is 18.6. The Kier molecular flexibility index (Phi) is 5.85. The molecule has 1 saturated heterocycles. The molecule has 0 aliphatic carbocycles. The van der Waals surface area contributed by atoms with E-state index in [1.54, 1.807) is 6.92 Å². The number of carbonyl (C=O) groups is 1. The van der Waals surface area contributed by atoms with E-state index in [9.17, 15) is 26.4 Å². The molecule has 1 fully saturated rings. The molecule has 1 aromatic carbocycles. The Hall–Kier alpha value is -2.56. The SMILES string of the molecule is Cc1coc(C2CCN(C(=O)c3cc(S(C)(=O)=O)ccc3OC(C)C(F)(F)F)C2)n1. The zero-order valence-corrected chi connectivity index (χ0v) is 17.4. The second-order valence-corrected chi connectivity index (χ2v) is 9.31. The third-order valence-electron chi connectivity index (χ3n) is 4.84. The molecule has 0 bridgehead atoms. The smallest absolute Gasteiger partial charge is 0.425 e. The number of nitrogens with zero attached hydrogens (tertiary/aromatic N) is 2. The number of oxazole rings is 1. The molecular formula is C19H21F3N2O5S. The molecule has 1 amide bonds. The van der Waals surface area contributed by atoms with Crippen LogP contribution in [0.1, 0.15) is 41.2 Å². The molecule has 7 nitrogen and oxygen atoms in total. The molecule has 0 saturated carbocycles. The van der Waals surface area contributed by atoms with Crippen molar-refractivity contribution in [1.82, 2.24) is 9.88 Å². The molecule has 0 spiro atoms. The summed E-state index contributed by atoms with van der Waals surface area (Å²) in [7, 11) is -3.68. The lowest BCUT2D eigenvalue weighted by molar-refractivity contribution is -0.189. The highest BCUT2D eigenvalue weighted by atomic mass is 32.2. The summed E-state index contributed by atoms with van der Waals surface area (Å²) in [5.41, 5.74) is 0.464. The van der Waals surface area contributed by atoms with Gasteiger partial charge < -0.3 is 14.1 Å². The molecule has 2 aromatic rings. The van der Waals surface area contributed by atoms with Gasteiger partial charge in [-0.2, -0.15) is 13.2 Å². The molecule has 30 heavy (non-hydrogen) atoms. The lowest BCUT2D eigenvalue weighted by Gasteiger charge is -2.22. The molecule has 2 unspecified atom stereocenters. The fourth-order valence-corrected chi connectivity index (χ4v) is 3.79. The maximum atomic E-state index is 13.1. The molecule has 0 radical (unpaired) electrons. The Bertz CT molecular complexity index is 1050. The molecule has 1 aromatic heterocycles. The van der Waals surface area contributed by atoms with E-state index in [0.717, 1.165) is 31.4 Å². The van der Waals surface area contributed by atoms with Gasteiger partial charge in [-0.15, -0.1) is 0 Å². The highest BCUT2D eigenvalue weighted by molar-refractivity contribution is 7.90. The minimum Gasteiger partial charge on any atom is -0.480 e. The van der Waals surface area contributed by atoms with Crippen LogP contribution in [0.5, 0.6) is 5.75 Å². The number of aromatic nitrogens is 1. The predicted octanol–water partition coefficient (Wildman–Crippen LogP) is 3.35. The minimum atomic E-state index is -4.64. The zero-order chi connectivity index (χ0) is 22.3. The van der Waals surface area contributed by atoms with Gasteiger partial charge in [0.1, 0.15) is 12.0 Å². The summed E-state index contributed by atoms with van der Waals surface area (Å²) >= 11 is 0. The van der Waals surface area contributed by atoms with E-state index < -0.39 is 28.0 Å². The van der Waals surface area contributed by atoms with Crippen LogP contribution in [0.3, 0.4) is 0 Å². The van der Waals surface area contributed by atoms with Crippen molar-refractivity contribution in [3.8, 4) is 5.75 Å². The van der Waals surface area contributed by atoms with Gasteiger partial charge in [-0.05, 0) is 38.5 Å². The van der Waals surface area contributed by atoms with Gasteiger partial charge in [0.25, 0.3) is 5.91 Å². The topological polar surface area (TPSA) is 89.7 Å². The summed E-state index contributed by atoms with van der Waals surface area (Å²) in [5.74, 6) is -0.614. The van der Waals surface area contributed by atoms with Crippen LogP contribution in [0.25, 0.3) is 0 Å². The number of alkyl halides is 3. The van der Waals surface area contributed by atoms with Crippen molar-refractivity contribution < 1.29 is 35.5 Å². The predicted molar refractivity (Wildman–Crippen MR) is 100 cm³/mol. The summed E-state index contributed by atoms with van der Waals surface area (Å²) < 4.78 is 73.0. The van der Waals surface area contributed by atoms with Crippen molar-refractivity contribution in [2.24, 2.45) is 0 Å². The van der Waals surface area contributed by atoms with Crippen LogP contribution in [0.2, 0.25) is 0 Å². The van der Waals surface area contributed by atoms with E-state index >= 15 is 0 Å². The van der Waals surface area contributed by atoms with E-state index in [1.165, 1.54) is 11.2 Å². The number of ether oxygens (including phenoxy) is 1.